The van der Waals surface area contributed by atoms with Crippen molar-refractivity contribution in [1.29, 1.82) is 0 Å². The molecule has 92 valence electrons. The fourth-order valence-electron chi connectivity index (χ4n) is 1.43. The van der Waals surface area contributed by atoms with Gasteiger partial charge in [-0.3, -0.25) is 4.90 Å². The summed E-state index contributed by atoms with van der Waals surface area (Å²) in [7, 11) is 0. The molecular formula is C11H26N2O2. The molecule has 4 heteroatoms. The first kappa shape index (κ1) is 17.0. The molecule has 0 atom stereocenters. The average molecular weight is 218 g/mol. The topological polar surface area (TPSA) is 41.6 Å². The lowest BCUT2D eigenvalue weighted by Crippen LogP contribution is -2.37. The third-order valence-electron chi connectivity index (χ3n) is 2.18. The van der Waals surface area contributed by atoms with Crippen LogP contribution in [0.25, 0.3) is 0 Å². The minimum absolute atomic E-state index is 0. The van der Waals surface area contributed by atoms with Crippen molar-refractivity contribution in [3.63, 3.8) is 0 Å². The zero-order valence-corrected chi connectivity index (χ0v) is 9.13. The van der Waals surface area contributed by atoms with Gasteiger partial charge in [-0.15, -0.1) is 0 Å². The molecule has 1 aliphatic rings. The molecule has 1 heterocycles. The Morgan fingerprint density at radius 1 is 1.33 bits per heavy atom. The lowest BCUT2D eigenvalue weighted by molar-refractivity contribution is -0.0979. The van der Waals surface area contributed by atoms with Crippen molar-refractivity contribution in [2.45, 2.75) is 20.8 Å². The molecule has 1 rings (SSSR count). The van der Waals surface area contributed by atoms with Gasteiger partial charge in [-0.25, -0.2) is 0 Å². The van der Waals surface area contributed by atoms with Crippen LogP contribution in [0.2, 0.25) is 0 Å². The number of rotatable bonds is 5. The van der Waals surface area contributed by atoms with Gasteiger partial charge in [0.2, 0.25) is 0 Å². The van der Waals surface area contributed by atoms with E-state index in [1.807, 2.05) is 6.79 Å². The fraction of sp³-hybridized carbons (Fsp3) is 0.909. The van der Waals surface area contributed by atoms with Crippen LogP contribution >= 0.6 is 0 Å². The van der Waals surface area contributed by atoms with Crippen molar-refractivity contribution in [3.8, 4) is 0 Å². The summed E-state index contributed by atoms with van der Waals surface area (Å²) >= 11 is 0. The summed E-state index contributed by atoms with van der Waals surface area (Å²) < 4.78 is 5.27. The Morgan fingerprint density at radius 2 is 1.93 bits per heavy atom. The van der Waals surface area contributed by atoms with Crippen LogP contribution in [-0.2, 0) is 9.53 Å². The van der Waals surface area contributed by atoms with Crippen molar-refractivity contribution in [3.05, 3.63) is 0 Å². The number of carbonyl (C=O) groups excluding carboxylic acids is 1. The highest BCUT2D eigenvalue weighted by Gasteiger charge is 2.08. The normalized spacial score (nSPS) is 16.1. The zero-order valence-electron chi connectivity index (χ0n) is 9.13. The minimum atomic E-state index is 0. The highest BCUT2D eigenvalue weighted by Crippen LogP contribution is 1.96. The van der Waals surface area contributed by atoms with E-state index < -0.39 is 0 Å². The number of morpholine rings is 1. The molecule has 0 aliphatic carbocycles. The molecule has 0 aromatic rings. The zero-order chi connectivity index (χ0) is 10.6. The van der Waals surface area contributed by atoms with E-state index in [0.29, 0.717) is 0 Å². The maximum atomic E-state index is 8.00. The average Bonchev–Trinajstić information content (AvgIpc) is 2.29. The van der Waals surface area contributed by atoms with Gasteiger partial charge in [-0.05, 0) is 26.1 Å². The number of hydrogen-bond donors (Lipinski definition) is 1. The summed E-state index contributed by atoms with van der Waals surface area (Å²) in [5.41, 5.74) is 0. The first-order valence-corrected chi connectivity index (χ1v) is 5.23. The van der Waals surface area contributed by atoms with Crippen molar-refractivity contribution in [1.82, 2.24) is 10.2 Å². The van der Waals surface area contributed by atoms with E-state index in [4.69, 9.17) is 9.53 Å². The summed E-state index contributed by atoms with van der Waals surface area (Å²) in [5.74, 6) is 0. The predicted molar refractivity (Wildman–Crippen MR) is 64.3 cm³/mol. The molecule has 1 fully saturated rings. The van der Waals surface area contributed by atoms with E-state index in [-0.39, 0.29) is 7.43 Å². The first-order chi connectivity index (χ1) is 6.93. The smallest absolute Gasteiger partial charge is 0.106 e. The summed E-state index contributed by atoms with van der Waals surface area (Å²) in [6.07, 6.45) is 1.26. The van der Waals surface area contributed by atoms with Gasteiger partial charge >= 0.3 is 0 Å². The van der Waals surface area contributed by atoms with Crippen LogP contribution in [0, 0.1) is 0 Å². The van der Waals surface area contributed by atoms with E-state index in [2.05, 4.69) is 17.1 Å². The number of nitrogens with one attached hydrogen (secondary N) is 1. The Labute approximate surface area is 94.0 Å². The Morgan fingerprint density at radius 3 is 2.47 bits per heavy atom. The third-order valence-corrected chi connectivity index (χ3v) is 2.18. The second kappa shape index (κ2) is 13.5. The Kier molecular flexibility index (Phi) is 15.3. The molecule has 0 aromatic carbocycles. The van der Waals surface area contributed by atoms with E-state index >= 15 is 0 Å². The molecule has 1 saturated heterocycles. The minimum Gasteiger partial charge on any atom is -0.379 e. The van der Waals surface area contributed by atoms with Gasteiger partial charge in [-0.1, -0.05) is 14.4 Å². The van der Waals surface area contributed by atoms with Crippen LogP contribution in [0.15, 0.2) is 0 Å². The second-order valence-electron chi connectivity index (χ2n) is 3.16. The van der Waals surface area contributed by atoms with Gasteiger partial charge < -0.3 is 14.8 Å². The van der Waals surface area contributed by atoms with Gasteiger partial charge in [0.05, 0.1) is 13.2 Å². The molecule has 0 aromatic heterocycles. The monoisotopic (exact) mass is 218 g/mol. The molecule has 0 unspecified atom stereocenters. The molecule has 0 bridgehead atoms. The van der Waals surface area contributed by atoms with E-state index in [1.54, 1.807) is 0 Å². The molecule has 0 spiro atoms. The highest BCUT2D eigenvalue weighted by molar-refractivity contribution is 5.10. The van der Waals surface area contributed by atoms with E-state index in [9.17, 15) is 0 Å². The molecule has 15 heavy (non-hydrogen) atoms. The first-order valence-electron chi connectivity index (χ1n) is 5.23. The van der Waals surface area contributed by atoms with Gasteiger partial charge in [-0.2, -0.15) is 0 Å². The Bertz CT molecular complexity index is 117. The second-order valence-corrected chi connectivity index (χ2v) is 3.16. The van der Waals surface area contributed by atoms with Crippen LogP contribution in [0.1, 0.15) is 20.8 Å². The van der Waals surface area contributed by atoms with E-state index in [0.717, 1.165) is 39.4 Å². The van der Waals surface area contributed by atoms with Crippen molar-refractivity contribution in [2.75, 3.05) is 45.9 Å². The maximum Gasteiger partial charge on any atom is 0.106 e. The summed E-state index contributed by atoms with van der Waals surface area (Å²) in [4.78, 5) is 10.5. The molecular weight excluding hydrogens is 192 g/mol. The molecule has 1 N–H and O–H groups in total. The van der Waals surface area contributed by atoms with E-state index in [1.165, 1.54) is 13.0 Å². The van der Waals surface area contributed by atoms with Crippen LogP contribution in [0.5, 0.6) is 0 Å². The fourth-order valence-corrected chi connectivity index (χ4v) is 1.43. The largest absolute Gasteiger partial charge is 0.379 e. The quantitative estimate of drug-likeness (QED) is 0.692. The number of hydrogen-bond acceptors (Lipinski definition) is 4. The SMILES string of the molecule is C.C=O.CCNCCCN1CCOCC1. The number of carbonyl (C=O) groups is 1. The van der Waals surface area contributed by atoms with Crippen molar-refractivity contribution in [2.24, 2.45) is 0 Å². The molecule has 0 amide bonds. The predicted octanol–water partition coefficient (Wildman–Crippen LogP) is 0.769. The number of nitrogens with zero attached hydrogens (tertiary/aromatic N) is 1. The molecule has 0 radical (unpaired) electrons. The standard InChI is InChI=1S/C9H20N2O.CH2O.CH4/c1-2-10-4-3-5-11-6-8-12-9-7-11;1-2;/h10H,2-9H2,1H3;1H2;1H4. The van der Waals surface area contributed by atoms with Crippen LogP contribution < -0.4 is 5.32 Å². The maximum absolute atomic E-state index is 8.00. The molecule has 1 aliphatic heterocycles. The summed E-state index contributed by atoms with van der Waals surface area (Å²) in [6.45, 7) is 11.7. The van der Waals surface area contributed by atoms with Gasteiger partial charge in [0.15, 0.2) is 0 Å². The third kappa shape index (κ3) is 9.85. The molecule has 4 nitrogen and oxygen atoms in total. The Hall–Kier alpha value is -0.450. The van der Waals surface area contributed by atoms with Crippen molar-refractivity contribution < 1.29 is 9.53 Å². The summed E-state index contributed by atoms with van der Waals surface area (Å²) in [6, 6.07) is 0. The van der Waals surface area contributed by atoms with Crippen LogP contribution in [-0.4, -0.2) is 57.6 Å². The lowest BCUT2D eigenvalue weighted by atomic mass is 10.3. The molecule has 0 saturated carbocycles. The lowest BCUT2D eigenvalue weighted by Gasteiger charge is -2.26. The van der Waals surface area contributed by atoms with Crippen LogP contribution in [0.4, 0.5) is 0 Å². The van der Waals surface area contributed by atoms with Crippen LogP contribution in [0.3, 0.4) is 0 Å². The Balaban J connectivity index is 0. The number of ether oxygens (including phenoxy) is 1. The van der Waals surface area contributed by atoms with Gasteiger partial charge in [0, 0.05) is 13.1 Å². The summed E-state index contributed by atoms with van der Waals surface area (Å²) in [5, 5.41) is 3.33. The van der Waals surface area contributed by atoms with Gasteiger partial charge in [0.1, 0.15) is 6.79 Å². The van der Waals surface area contributed by atoms with Crippen molar-refractivity contribution >= 4 is 6.79 Å². The highest BCUT2D eigenvalue weighted by atomic mass is 16.5. The van der Waals surface area contributed by atoms with Gasteiger partial charge in [0.25, 0.3) is 0 Å².